The first-order chi connectivity index (χ1) is 15.4. The average Bonchev–Trinajstić information content (AvgIpc) is 2.86. The highest BCUT2D eigenvalue weighted by molar-refractivity contribution is 6.24. The molecule has 0 N–H and O–H groups in total. The van der Waals surface area contributed by atoms with Gasteiger partial charge in [-0.2, -0.15) is 0 Å². The van der Waals surface area contributed by atoms with Gasteiger partial charge >= 0.3 is 0 Å². The Balaban J connectivity index is 1.68. The third kappa shape index (κ3) is 2.92. The van der Waals surface area contributed by atoms with Gasteiger partial charge in [-0.15, -0.1) is 0 Å². The van der Waals surface area contributed by atoms with E-state index >= 15 is 0 Å². The topological polar surface area (TPSA) is 16.1 Å². The Labute approximate surface area is 181 Å². The van der Waals surface area contributed by atoms with E-state index in [9.17, 15) is 0 Å². The summed E-state index contributed by atoms with van der Waals surface area (Å²) in [5.41, 5.74) is 3.21. The Bertz CT molecular complexity index is 1450. The molecule has 0 spiro atoms. The highest BCUT2D eigenvalue weighted by Crippen LogP contribution is 2.38. The van der Waals surface area contributed by atoms with Gasteiger partial charge in [0.25, 0.3) is 0 Å². The molecule has 0 saturated heterocycles. The quantitative estimate of drug-likeness (QED) is 0.282. The zero-order chi connectivity index (χ0) is 20.6. The minimum Gasteiger partial charge on any atom is -0.295 e. The molecule has 0 aliphatic rings. The van der Waals surface area contributed by atoms with Crippen LogP contribution >= 0.6 is 0 Å². The van der Waals surface area contributed by atoms with Gasteiger partial charge in [0.1, 0.15) is 5.82 Å². The van der Waals surface area contributed by atoms with E-state index in [1.165, 1.54) is 26.9 Å². The molecule has 6 aromatic rings. The number of nitrogens with zero attached hydrogens (tertiary/aromatic N) is 2. The summed E-state index contributed by atoms with van der Waals surface area (Å²) >= 11 is 0. The van der Waals surface area contributed by atoms with Gasteiger partial charge in [-0.1, -0.05) is 84.9 Å². The fraction of sp³-hybridized carbons (Fsp3) is 0. The van der Waals surface area contributed by atoms with Gasteiger partial charge in [-0.25, -0.2) is 4.98 Å². The maximum atomic E-state index is 5.23. The summed E-state index contributed by atoms with van der Waals surface area (Å²) in [6.45, 7) is 0. The molecule has 0 aliphatic carbocycles. The van der Waals surface area contributed by atoms with Crippen LogP contribution in [0.15, 0.2) is 121 Å². The van der Waals surface area contributed by atoms with Crippen molar-refractivity contribution in [1.82, 2.24) is 4.98 Å². The van der Waals surface area contributed by atoms with Crippen molar-refractivity contribution in [2.45, 2.75) is 0 Å². The lowest BCUT2D eigenvalue weighted by atomic mass is 9.97. The van der Waals surface area contributed by atoms with Crippen molar-refractivity contribution >= 4 is 49.6 Å². The molecule has 146 valence electrons. The van der Waals surface area contributed by atoms with E-state index in [0.717, 1.165) is 22.7 Å². The summed E-state index contributed by atoms with van der Waals surface area (Å²) in [4.78, 5) is 7.44. The predicted octanol–water partition coefficient (Wildman–Crippen LogP) is 8.01. The van der Waals surface area contributed by atoms with Crippen molar-refractivity contribution in [3.63, 3.8) is 0 Å². The van der Waals surface area contributed by atoms with Crippen molar-refractivity contribution in [1.29, 1.82) is 0 Å². The molecule has 0 unspecified atom stereocenters. The first-order valence-electron chi connectivity index (χ1n) is 10.5. The number of aromatic nitrogens is 1. The van der Waals surface area contributed by atoms with Gasteiger partial charge in [0.15, 0.2) is 0 Å². The standard InChI is InChI=1S/C29H20N2/c1-3-11-21(12-4-1)31(22-13-5-2-6-14-22)28-20-19-27-25-17-8-7-15-23(25)24-16-9-10-18-26(24)29(27)30-28/h1-20H. The van der Waals surface area contributed by atoms with E-state index in [2.05, 4.69) is 114 Å². The van der Waals surface area contributed by atoms with Gasteiger partial charge in [0, 0.05) is 22.1 Å². The summed E-state index contributed by atoms with van der Waals surface area (Å²) in [7, 11) is 0. The maximum Gasteiger partial charge on any atom is 0.138 e. The SMILES string of the molecule is c1ccc(N(c2ccccc2)c2ccc3c4ccccc4c4ccccc4c3n2)cc1. The normalized spacial score (nSPS) is 11.2. The van der Waals surface area contributed by atoms with Crippen LogP contribution in [-0.2, 0) is 0 Å². The monoisotopic (exact) mass is 396 g/mol. The molecule has 0 amide bonds. The second-order valence-corrected chi connectivity index (χ2v) is 7.66. The highest BCUT2D eigenvalue weighted by Gasteiger charge is 2.16. The summed E-state index contributed by atoms with van der Waals surface area (Å²) in [5.74, 6) is 0.908. The first kappa shape index (κ1) is 17.7. The molecule has 0 atom stereocenters. The number of hydrogen-bond donors (Lipinski definition) is 0. The van der Waals surface area contributed by atoms with Crippen LogP contribution in [-0.4, -0.2) is 4.98 Å². The minimum atomic E-state index is 0.908. The summed E-state index contributed by atoms with van der Waals surface area (Å²) in [6, 6.07) is 42.3. The van der Waals surface area contributed by atoms with E-state index in [-0.39, 0.29) is 0 Å². The van der Waals surface area contributed by atoms with Crippen LogP contribution in [0.1, 0.15) is 0 Å². The second-order valence-electron chi connectivity index (χ2n) is 7.66. The van der Waals surface area contributed by atoms with Gasteiger partial charge in [-0.05, 0) is 52.6 Å². The Morgan fingerprint density at radius 2 is 0.806 bits per heavy atom. The van der Waals surface area contributed by atoms with Crippen LogP contribution in [0, 0.1) is 0 Å². The Morgan fingerprint density at radius 3 is 1.35 bits per heavy atom. The first-order valence-corrected chi connectivity index (χ1v) is 10.5. The van der Waals surface area contributed by atoms with E-state index in [0.29, 0.717) is 0 Å². The number of pyridine rings is 1. The molecule has 1 aromatic heterocycles. The number of para-hydroxylation sites is 2. The molecule has 6 rings (SSSR count). The summed E-state index contributed by atoms with van der Waals surface area (Å²) < 4.78 is 0. The fourth-order valence-electron chi connectivity index (χ4n) is 4.44. The van der Waals surface area contributed by atoms with Crippen LogP contribution < -0.4 is 4.90 Å². The number of hydrogen-bond acceptors (Lipinski definition) is 2. The van der Waals surface area contributed by atoms with Gasteiger partial charge in [0.2, 0.25) is 0 Å². The highest BCUT2D eigenvalue weighted by atomic mass is 15.2. The predicted molar refractivity (Wildman–Crippen MR) is 131 cm³/mol. The van der Waals surface area contributed by atoms with Gasteiger partial charge in [-0.3, -0.25) is 4.90 Å². The van der Waals surface area contributed by atoms with Crippen LogP contribution in [0.5, 0.6) is 0 Å². The second kappa shape index (κ2) is 7.26. The van der Waals surface area contributed by atoms with Crippen molar-refractivity contribution in [3.8, 4) is 0 Å². The fourth-order valence-corrected chi connectivity index (χ4v) is 4.44. The molecular formula is C29H20N2. The Kier molecular flexibility index (Phi) is 4.14. The molecule has 0 fully saturated rings. The van der Waals surface area contributed by atoms with E-state index < -0.39 is 0 Å². The summed E-state index contributed by atoms with van der Waals surface area (Å²) in [6.07, 6.45) is 0. The zero-order valence-corrected chi connectivity index (χ0v) is 16.9. The average molecular weight is 396 g/mol. The van der Waals surface area contributed by atoms with Crippen molar-refractivity contribution in [3.05, 3.63) is 121 Å². The lowest BCUT2D eigenvalue weighted by molar-refractivity contribution is 1.21. The number of rotatable bonds is 3. The molecule has 31 heavy (non-hydrogen) atoms. The molecule has 5 aromatic carbocycles. The Hall–Kier alpha value is -4.17. The molecule has 1 heterocycles. The molecule has 2 nitrogen and oxygen atoms in total. The van der Waals surface area contributed by atoms with Gasteiger partial charge in [0.05, 0.1) is 5.52 Å². The molecular weight excluding hydrogens is 376 g/mol. The van der Waals surface area contributed by atoms with E-state index in [4.69, 9.17) is 4.98 Å². The van der Waals surface area contributed by atoms with Crippen LogP contribution in [0.4, 0.5) is 17.2 Å². The zero-order valence-electron chi connectivity index (χ0n) is 16.9. The Morgan fingerprint density at radius 1 is 0.387 bits per heavy atom. The molecule has 0 radical (unpaired) electrons. The van der Waals surface area contributed by atoms with Crippen LogP contribution in [0.2, 0.25) is 0 Å². The summed E-state index contributed by atoms with van der Waals surface area (Å²) in [5, 5.41) is 6.10. The van der Waals surface area contributed by atoms with Crippen molar-refractivity contribution in [2.75, 3.05) is 4.90 Å². The number of benzene rings is 5. The van der Waals surface area contributed by atoms with Crippen molar-refractivity contribution in [2.24, 2.45) is 0 Å². The minimum absolute atomic E-state index is 0.908. The maximum absolute atomic E-state index is 5.23. The van der Waals surface area contributed by atoms with E-state index in [1.807, 2.05) is 12.1 Å². The largest absolute Gasteiger partial charge is 0.295 e. The lowest BCUT2D eigenvalue weighted by Crippen LogP contribution is -2.11. The van der Waals surface area contributed by atoms with Crippen molar-refractivity contribution < 1.29 is 0 Å². The van der Waals surface area contributed by atoms with Crippen LogP contribution in [0.25, 0.3) is 32.4 Å². The molecule has 0 saturated carbocycles. The van der Waals surface area contributed by atoms with Crippen LogP contribution in [0.3, 0.4) is 0 Å². The van der Waals surface area contributed by atoms with E-state index in [1.54, 1.807) is 0 Å². The molecule has 0 aliphatic heterocycles. The third-order valence-electron chi connectivity index (χ3n) is 5.83. The molecule has 2 heteroatoms. The number of fused-ring (bicyclic) bond motifs is 6. The smallest absolute Gasteiger partial charge is 0.138 e. The van der Waals surface area contributed by atoms with Gasteiger partial charge < -0.3 is 0 Å². The molecule has 0 bridgehead atoms. The third-order valence-corrected chi connectivity index (χ3v) is 5.83. The lowest BCUT2D eigenvalue weighted by Gasteiger charge is -2.24. The number of anilines is 3.